The van der Waals surface area contributed by atoms with Gasteiger partial charge in [0.15, 0.2) is 0 Å². The number of benzene rings is 2. The summed E-state index contributed by atoms with van der Waals surface area (Å²) in [4.78, 5) is 24.5. The number of ether oxygens (including phenoxy) is 2. The lowest BCUT2D eigenvalue weighted by molar-refractivity contribution is -0.385. The molecule has 2 aromatic carbocycles. The highest BCUT2D eigenvalue weighted by Gasteiger charge is 2.16. The lowest BCUT2D eigenvalue weighted by Gasteiger charge is -2.21. The van der Waals surface area contributed by atoms with Crippen molar-refractivity contribution < 1.29 is 19.2 Å². The van der Waals surface area contributed by atoms with Crippen LogP contribution in [0.4, 0.5) is 5.69 Å². The SMILES string of the molecule is CCOC(=O)CN(Cc1ccccc1)Cc1cc(OC)cc([N+](=O)[O-])c1. The third-order valence-corrected chi connectivity index (χ3v) is 3.71. The summed E-state index contributed by atoms with van der Waals surface area (Å²) in [6.07, 6.45) is 0. The summed E-state index contributed by atoms with van der Waals surface area (Å²) in [5, 5.41) is 11.1. The fourth-order valence-corrected chi connectivity index (χ4v) is 2.61. The largest absolute Gasteiger partial charge is 0.496 e. The molecule has 0 saturated heterocycles. The highest BCUT2D eigenvalue weighted by atomic mass is 16.6. The van der Waals surface area contributed by atoms with E-state index in [2.05, 4.69) is 0 Å². The molecule has 0 heterocycles. The van der Waals surface area contributed by atoms with E-state index in [0.717, 1.165) is 5.56 Å². The Balaban J connectivity index is 2.23. The number of nitrogens with zero attached hydrogens (tertiary/aromatic N) is 2. The van der Waals surface area contributed by atoms with Crippen LogP contribution in [-0.2, 0) is 22.6 Å². The number of nitro benzene ring substituents is 1. The number of hydrogen-bond donors (Lipinski definition) is 0. The Morgan fingerprint density at radius 1 is 1.12 bits per heavy atom. The number of rotatable bonds is 9. The van der Waals surface area contributed by atoms with Crippen LogP contribution in [0.2, 0.25) is 0 Å². The van der Waals surface area contributed by atoms with Crippen molar-refractivity contribution in [3.8, 4) is 5.75 Å². The second-order valence-electron chi connectivity index (χ2n) is 5.73. The zero-order valence-electron chi connectivity index (χ0n) is 14.9. The van der Waals surface area contributed by atoms with E-state index < -0.39 is 4.92 Å². The van der Waals surface area contributed by atoms with E-state index in [1.54, 1.807) is 13.0 Å². The highest BCUT2D eigenvalue weighted by molar-refractivity contribution is 5.71. The average Bonchev–Trinajstić information content (AvgIpc) is 2.62. The fourth-order valence-electron chi connectivity index (χ4n) is 2.61. The van der Waals surface area contributed by atoms with Crippen molar-refractivity contribution in [2.24, 2.45) is 0 Å². The Labute approximate surface area is 152 Å². The Kier molecular flexibility index (Phi) is 7.11. The van der Waals surface area contributed by atoms with Gasteiger partial charge in [0.25, 0.3) is 5.69 Å². The van der Waals surface area contributed by atoms with Crippen LogP contribution >= 0.6 is 0 Å². The Hall–Kier alpha value is -2.93. The summed E-state index contributed by atoms with van der Waals surface area (Å²) >= 11 is 0. The molecule has 0 amide bonds. The van der Waals surface area contributed by atoms with Crippen LogP contribution in [0.3, 0.4) is 0 Å². The van der Waals surface area contributed by atoms with E-state index >= 15 is 0 Å². The first kappa shape index (κ1) is 19.4. The van der Waals surface area contributed by atoms with Gasteiger partial charge in [-0.25, -0.2) is 0 Å². The fraction of sp³-hybridized carbons (Fsp3) is 0.316. The molecule has 0 atom stereocenters. The van der Waals surface area contributed by atoms with E-state index in [0.29, 0.717) is 31.0 Å². The highest BCUT2D eigenvalue weighted by Crippen LogP contribution is 2.24. The van der Waals surface area contributed by atoms with Crippen LogP contribution in [0.1, 0.15) is 18.1 Å². The molecule has 0 aliphatic carbocycles. The first-order chi connectivity index (χ1) is 12.5. The number of nitro groups is 1. The Bertz CT molecular complexity index is 749. The van der Waals surface area contributed by atoms with Gasteiger partial charge in [-0.3, -0.25) is 19.8 Å². The molecule has 0 aliphatic heterocycles. The molecule has 0 unspecified atom stereocenters. The van der Waals surface area contributed by atoms with Gasteiger partial charge in [0.05, 0.1) is 31.3 Å². The lowest BCUT2D eigenvalue weighted by Crippen LogP contribution is -2.30. The summed E-state index contributed by atoms with van der Waals surface area (Å²) in [6.45, 7) is 3.03. The minimum atomic E-state index is -0.459. The second kappa shape index (κ2) is 9.53. The zero-order chi connectivity index (χ0) is 18.9. The molecule has 0 aliphatic rings. The molecule has 7 heteroatoms. The van der Waals surface area contributed by atoms with Crippen LogP contribution in [-0.4, -0.2) is 36.1 Å². The van der Waals surface area contributed by atoms with Gasteiger partial charge in [0.1, 0.15) is 5.75 Å². The lowest BCUT2D eigenvalue weighted by atomic mass is 10.1. The van der Waals surface area contributed by atoms with Gasteiger partial charge in [-0.1, -0.05) is 30.3 Å². The van der Waals surface area contributed by atoms with Gasteiger partial charge < -0.3 is 9.47 Å². The maximum atomic E-state index is 11.9. The van der Waals surface area contributed by atoms with Crippen LogP contribution in [0.15, 0.2) is 48.5 Å². The molecule has 2 aromatic rings. The van der Waals surface area contributed by atoms with Gasteiger partial charge in [-0.15, -0.1) is 0 Å². The van der Waals surface area contributed by atoms with Gasteiger partial charge in [0, 0.05) is 19.2 Å². The Morgan fingerprint density at radius 2 is 1.81 bits per heavy atom. The van der Waals surface area contributed by atoms with E-state index in [9.17, 15) is 14.9 Å². The van der Waals surface area contributed by atoms with E-state index in [4.69, 9.17) is 9.47 Å². The number of esters is 1. The first-order valence-corrected chi connectivity index (χ1v) is 8.26. The number of hydrogen-bond acceptors (Lipinski definition) is 6. The van der Waals surface area contributed by atoms with Crippen molar-refractivity contribution in [1.29, 1.82) is 0 Å². The predicted molar refractivity (Wildman–Crippen MR) is 96.8 cm³/mol. The maximum absolute atomic E-state index is 11.9. The third-order valence-electron chi connectivity index (χ3n) is 3.71. The standard InChI is InChI=1S/C19H22N2O5/c1-3-26-19(22)14-20(12-15-7-5-4-6-8-15)13-16-9-17(21(23)24)11-18(10-16)25-2/h4-11H,3,12-14H2,1-2H3. The third kappa shape index (κ3) is 5.86. The normalized spacial score (nSPS) is 10.6. The smallest absolute Gasteiger partial charge is 0.320 e. The monoisotopic (exact) mass is 358 g/mol. The first-order valence-electron chi connectivity index (χ1n) is 8.26. The molecule has 0 aromatic heterocycles. The Morgan fingerprint density at radius 3 is 2.42 bits per heavy atom. The quantitative estimate of drug-likeness (QED) is 0.389. The molecule has 0 bridgehead atoms. The summed E-state index contributed by atoms with van der Waals surface area (Å²) in [5.74, 6) is 0.0748. The van der Waals surface area contributed by atoms with Crippen molar-refractivity contribution >= 4 is 11.7 Å². The van der Waals surface area contributed by atoms with Crippen LogP contribution < -0.4 is 4.74 Å². The van der Waals surface area contributed by atoms with Gasteiger partial charge >= 0.3 is 5.97 Å². The van der Waals surface area contributed by atoms with Crippen molar-refractivity contribution in [2.75, 3.05) is 20.3 Å². The minimum absolute atomic E-state index is 0.0462. The van der Waals surface area contributed by atoms with Crippen molar-refractivity contribution in [1.82, 2.24) is 4.90 Å². The summed E-state index contributed by atoms with van der Waals surface area (Å²) in [5.41, 5.74) is 1.68. The van der Waals surface area contributed by atoms with Gasteiger partial charge in [0.2, 0.25) is 0 Å². The molecular formula is C19H22N2O5. The maximum Gasteiger partial charge on any atom is 0.320 e. The molecule has 26 heavy (non-hydrogen) atoms. The molecule has 7 nitrogen and oxygen atoms in total. The molecular weight excluding hydrogens is 336 g/mol. The summed E-state index contributed by atoms with van der Waals surface area (Å²) in [6, 6.07) is 14.3. The molecule has 0 fully saturated rings. The molecule has 2 rings (SSSR count). The number of methoxy groups -OCH3 is 1. The summed E-state index contributed by atoms with van der Waals surface area (Å²) < 4.78 is 10.2. The van der Waals surface area contributed by atoms with Gasteiger partial charge in [-0.05, 0) is 24.1 Å². The zero-order valence-corrected chi connectivity index (χ0v) is 14.9. The van der Waals surface area contributed by atoms with Gasteiger partial charge in [-0.2, -0.15) is 0 Å². The predicted octanol–water partition coefficient (Wildman–Crippen LogP) is 3.17. The molecule has 0 radical (unpaired) electrons. The number of non-ortho nitro benzene ring substituents is 1. The van der Waals surface area contributed by atoms with Crippen LogP contribution in [0.5, 0.6) is 5.75 Å². The summed E-state index contributed by atoms with van der Waals surface area (Å²) in [7, 11) is 1.46. The van der Waals surface area contributed by atoms with Crippen LogP contribution in [0, 0.1) is 10.1 Å². The van der Waals surface area contributed by atoms with E-state index in [-0.39, 0.29) is 18.2 Å². The topological polar surface area (TPSA) is 81.9 Å². The second-order valence-corrected chi connectivity index (χ2v) is 5.73. The molecule has 0 N–H and O–H groups in total. The van der Waals surface area contributed by atoms with Crippen molar-refractivity contribution in [3.05, 3.63) is 69.8 Å². The number of carbonyl (C=O) groups is 1. The minimum Gasteiger partial charge on any atom is -0.496 e. The van der Waals surface area contributed by atoms with E-state index in [1.165, 1.54) is 19.2 Å². The van der Waals surface area contributed by atoms with E-state index in [1.807, 2.05) is 35.2 Å². The molecule has 138 valence electrons. The van der Waals surface area contributed by atoms with Crippen LogP contribution in [0.25, 0.3) is 0 Å². The number of carbonyl (C=O) groups excluding carboxylic acids is 1. The average molecular weight is 358 g/mol. The molecule has 0 saturated carbocycles. The molecule has 0 spiro atoms. The van der Waals surface area contributed by atoms with Crippen molar-refractivity contribution in [2.45, 2.75) is 20.0 Å². The van der Waals surface area contributed by atoms with Crippen molar-refractivity contribution in [3.63, 3.8) is 0 Å².